The normalized spacial score (nSPS) is 11.2. The molecule has 0 heterocycles. The van der Waals surface area contributed by atoms with E-state index in [0.29, 0.717) is 0 Å². The smallest absolute Gasteiger partial charge is 0.342 e. The topological polar surface area (TPSA) is 0 Å². The van der Waals surface area contributed by atoms with Crippen molar-refractivity contribution < 1.29 is 17.4 Å². The summed E-state index contributed by atoms with van der Waals surface area (Å²) in [6.07, 6.45) is 0. The van der Waals surface area contributed by atoms with E-state index in [9.17, 15) is 0 Å². The largest absolute Gasteiger partial charge is 3.00 e. The Morgan fingerprint density at radius 1 is 0.438 bits per heavy atom. The zero-order chi connectivity index (χ0) is 13.5. The molecule has 0 aliphatic rings. The van der Waals surface area contributed by atoms with Gasteiger partial charge in [-0.2, -0.15) is 0 Å². The van der Waals surface area contributed by atoms with Crippen LogP contribution in [-0.4, -0.2) is 24.2 Å². The quantitative estimate of drug-likeness (QED) is 0.431. The molecule has 0 aliphatic carbocycles. The van der Waals surface area contributed by atoms with Crippen molar-refractivity contribution in [3.8, 4) is 0 Å². The summed E-state index contributed by atoms with van der Waals surface area (Å²) in [6, 6.07) is 0. The van der Waals surface area contributed by atoms with Crippen LogP contribution in [0.2, 0.25) is 58.9 Å². The third kappa shape index (κ3) is 2180. The molecule has 99 valence electrons. The van der Waals surface area contributed by atoms with E-state index in [2.05, 4.69) is 78.6 Å². The van der Waals surface area contributed by atoms with E-state index in [-0.39, 0.29) is 17.4 Å². The molecule has 0 aliphatic heterocycles. The van der Waals surface area contributed by atoms with Gasteiger partial charge in [0, 0.05) is 0 Å². The van der Waals surface area contributed by atoms with E-state index < -0.39 is 24.2 Å². The van der Waals surface area contributed by atoms with Gasteiger partial charge in [0.25, 0.3) is 0 Å². The minimum atomic E-state index is -0.861. The van der Waals surface area contributed by atoms with Gasteiger partial charge in [0.15, 0.2) is 0 Å². The molecule has 0 spiro atoms. The Labute approximate surface area is 120 Å². The molecule has 4 heteroatoms. The maximum atomic E-state index is 3.91. The molecule has 0 fully saturated rings. The summed E-state index contributed by atoms with van der Waals surface area (Å²) in [6.45, 7) is 31.7. The van der Waals surface area contributed by atoms with Crippen molar-refractivity contribution in [1.29, 1.82) is 0 Å². The fraction of sp³-hybridized carbons (Fsp3) is 0.750. The minimum absolute atomic E-state index is 0. The molecule has 0 bridgehead atoms. The van der Waals surface area contributed by atoms with Gasteiger partial charge in [0.1, 0.15) is 0 Å². The first-order valence-electron chi connectivity index (χ1n) is 5.56. The van der Waals surface area contributed by atoms with Crippen LogP contribution in [-0.2, 0) is 17.4 Å². The molecule has 0 aromatic rings. The molecular formula is C12H33CrSi3. The summed E-state index contributed by atoms with van der Waals surface area (Å²) in [7, 11) is -2.58. The van der Waals surface area contributed by atoms with Gasteiger partial charge < -0.3 is 19.6 Å². The minimum Gasteiger partial charge on any atom is -0.342 e. The molecule has 1 radical (unpaired) electrons. The molecule has 0 unspecified atom stereocenters. The predicted octanol–water partition coefficient (Wildman–Crippen LogP) is 5.09. The van der Waals surface area contributed by atoms with E-state index in [0.717, 1.165) is 0 Å². The fourth-order valence-corrected chi connectivity index (χ4v) is 0. The van der Waals surface area contributed by atoms with Crippen molar-refractivity contribution in [1.82, 2.24) is 0 Å². The average molecular weight is 314 g/mol. The first-order valence-corrected chi connectivity index (χ1v) is 16.7. The van der Waals surface area contributed by atoms with Gasteiger partial charge in [-0.15, -0.1) is 24.2 Å². The van der Waals surface area contributed by atoms with Crippen LogP contribution in [0.1, 0.15) is 0 Å². The van der Waals surface area contributed by atoms with E-state index in [1.165, 1.54) is 0 Å². The van der Waals surface area contributed by atoms with Gasteiger partial charge in [-0.3, -0.25) is 0 Å². The third-order valence-corrected chi connectivity index (χ3v) is 0. The van der Waals surface area contributed by atoms with Gasteiger partial charge in [-0.25, -0.2) is 0 Å². The zero-order valence-electron chi connectivity index (χ0n) is 13.0. The Kier molecular flexibility index (Phi) is 16.4. The first kappa shape index (κ1) is 25.9. The van der Waals surface area contributed by atoms with Crippen LogP contribution >= 0.6 is 0 Å². The molecule has 0 N–H and O–H groups in total. The van der Waals surface area contributed by atoms with Crippen molar-refractivity contribution in [2.75, 3.05) is 0 Å². The van der Waals surface area contributed by atoms with Crippen LogP contribution in [0.5, 0.6) is 0 Å². The van der Waals surface area contributed by atoms with Gasteiger partial charge in [-0.1, -0.05) is 58.9 Å². The van der Waals surface area contributed by atoms with Gasteiger partial charge in [0.2, 0.25) is 0 Å². The molecule has 0 atom stereocenters. The SMILES string of the molecule is [CH2-][Si](C)(C)C.[CH2-][Si](C)(C)C.[CH2-][Si](C)(C)C.[Cr+3]. The summed E-state index contributed by atoms with van der Waals surface area (Å²) in [5.41, 5.74) is 0. The number of hydrogen-bond acceptors (Lipinski definition) is 0. The Morgan fingerprint density at radius 3 is 0.438 bits per heavy atom. The maximum Gasteiger partial charge on any atom is 3.00 e. The standard InChI is InChI=1S/3C4H11Si.Cr/c3*1-5(2,3)4;/h3*1H2,2-4H3;/q3*-1;+3. The molecule has 0 rings (SSSR count). The molecule has 0 nitrogen and oxygen atoms in total. The van der Waals surface area contributed by atoms with E-state index in [1.54, 1.807) is 0 Å². The van der Waals surface area contributed by atoms with Crippen LogP contribution < -0.4 is 0 Å². The van der Waals surface area contributed by atoms with Crippen LogP contribution in [0.25, 0.3) is 0 Å². The second-order valence-electron chi connectivity index (χ2n) is 7.68. The van der Waals surface area contributed by atoms with Crippen LogP contribution in [0.3, 0.4) is 0 Å². The first-order chi connectivity index (χ1) is 6.00. The Bertz CT molecular complexity index is 91.3. The predicted molar refractivity (Wildman–Crippen MR) is 86.1 cm³/mol. The third-order valence-electron chi connectivity index (χ3n) is 0. The average Bonchev–Trinajstić information content (AvgIpc) is 1.41. The van der Waals surface area contributed by atoms with Crippen LogP contribution in [0.15, 0.2) is 0 Å². The fourth-order valence-electron chi connectivity index (χ4n) is 0. The van der Waals surface area contributed by atoms with Crippen molar-refractivity contribution in [3.63, 3.8) is 0 Å². The number of rotatable bonds is 0. The Morgan fingerprint density at radius 2 is 0.438 bits per heavy atom. The summed E-state index contributed by atoms with van der Waals surface area (Å²) >= 11 is 0. The molecule has 0 saturated heterocycles. The molecule has 16 heavy (non-hydrogen) atoms. The molecule has 0 aromatic carbocycles. The Balaban J connectivity index is -0.0000000655. The van der Waals surface area contributed by atoms with Crippen molar-refractivity contribution >= 4 is 24.2 Å². The van der Waals surface area contributed by atoms with Crippen molar-refractivity contribution in [2.24, 2.45) is 0 Å². The summed E-state index contributed by atoms with van der Waals surface area (Å²) < 4.78 is 0. The molecule has 0 saturated carbocycles. The molecule has 0 aromatic heterocycles. The van der Waals surface area contributed by atoms with E-state index in [4.69, 9.17) is 0 Å². The zero-order valence-corrected chi connectivity index (χ0v) is 17.3. The van der Waals surface area contributed by atoms with Gasteiger partial charge >= 0.3 is 17.4 Å². The van der Waals surface area contributed by atoms with Gasteiger partial charge in [-0.05, 0) is 0 Å². The van der Waals surface area contributed by atoms with Crippen LogP contribution in [0, 0.1) is 19.6 Å². The number of hydrogen-bond donors (Lipinski definition) is 0. The summed E-state index contributed by atoms with van der Waals surface area (Å²) in [5.74, 6) is 0. The maximum absolute atomic E-state index is 3.91. The molecular weight excluding hydrogens is 280 g/mol. The van der Waals surface area contributed by atoms with Crippen molar-refractivity contribution in [2.45, 2.75) is 58.9 Å². The van der Waals surface area contributed by atoms with E-state index in [1.807, 2.05) is 0 Å². The second kappa shape index (κ2) is 10.1. The summed E-state index contributed by atoms with van der Waals surface area (Å²) in [4.78, 5) is 0. The van der Waals surface area contributed by atoms with E-state index >= 15 is 0 Å². The Hall–Kier alpha value is 1.18. The van der Waals surface area contributed by atoms with Crippen molar-refractivity contribution in [3.05, 3.63) is 19.6 Å². The second-order valence-corrected chi connectivity index (χ2v) is 23.0. The van der Waals surface area contributed by atoms with Crippen LogP contribution in [0.4, 0.5) is 0 Å². The summed E-state index contributed by atoms with van der Waals surface area (Å²) in [5, 5.41) is 0. The van der Waals surface area contributed by atoms with Gasteiger partial charge in [0.05, 0.1) is 0 Å². The monoisotopic (exact) mass is 313 g/mol. The molecule has 0 amide bonds.